The maximum atomic E-state index is 13.5. The fraction of sp³-hybridized carbons (Fsp3) is 0.241. The number of anilines is 2. The zero-order valence-corrected chi connectivity index (χ0v) is 21.9. The highest BCUT2D eigenvalue weighted by atomic mass is 16.5. The largest absolute Gasteiger partial charge is 0.493 e. The molecule has 1 unspecified atom stereocenters. The van der Waals surface area contributed by atoms with E-state index in [2.05, 4.69) is 5.32 Å². The summed E-state index contributed by atoms with van der Waals surface area (Å²) < 4.78 is 15.6. The van der Waals surface area contributed by atoms with Crippen molar-refractivity contribution in [3.8, 4) is 11.5 Å². The second-order valence-electron chi connectivity index (χ2n) is 8.67. The highest BCUT2D eigenvalue weighted by Gasteiger charge is 2.46. The van der Waals surface area contributed by atoms with Crippen molar-refractivity contribution < 1.29 is 33.4 Å². The lowest BCUT2D eigenvalue weighted by Gasteiger charge is -2.22. The number of nitrogens with zero attached hydrogens (tertiary/aromatic N) is 2. The lowest BCUT2D eigenvalue weighted by molar-refractivity contribution is -0.124. The number of imide groups is 1. The Balaban J connectivity index is 1.56. The molecule has 4 amide bonds. The summed E-state index contributed by atoms with van der Waals surface area (Å²) in [5, 5.41) is 2.74. The fourth-order valence-corrected chi connectivity index (χ4v) is 4.30. The first-order valence-electron chi connectivity index (χ1n) is 12.3. The number of carbonyl (C=O) groups excluding carboxylic acids is 4. The van der Waals surface area contributed by atoms with Gasteiger partial charge in [0, 0.05) is 12.2 Å². The Bertz CT molecular complexity index is 1360. The van der Waals surface area contributed by atoms with E-state index in [0.717, 1.165) is 4.90 Å². The van der Waals surface area contributed by atoms with E-state index in [0.29, 0.717) is 34.0 Å². The molecule has 10 nitrogen and oxygen atoms in total. The van der Waals surface area contributed by atoms with Gasteiger partial charge in [0.25, 0.3) is 5.91 Å². The molecule has 1 saturated heterocycles. The third kappa shape index (κ3) is 6.01. The van der Waals surface area contributed by atoms with Gasteiger partial charge in [-0.15, -0.1) is 0 Å². The molecule has 0 aromatic heterocycles. The molecule has 1 aliphatic rings. The molecule has 3 aromatic rings. The van der Waals surface area contributed by atoms with Crippen LogP contribution >= 0.6 is 0 Å². The average molecular weight is 532 g/mol. The fourth-order valence-electron chi connectivity index (χ4n) is 4.30. The summed E-state index contributed by atoms with van der Waals surface area (Å²) in [6.07, 6.45) is -0.263. The number of rotatable bonds is 10. The van der Waals surface area contributed by atoms with Crippen molar-refractivity contribution in [3.05, 3.63) is 83.9 Å². The minimum absolute atomic E-state index is 0.0699. The lowest BCUT2D eigenvalue weighted by atomic mass is 10.1. The Labute approximate surface area is 226 Å². The first-order valence-corrected chi connectivity index (χ1v) is 12.3. The van der Waals surface area contributed by atoms with Crippen molar-refractivity contribution in [2.75, 3.05) is 31.0 Å². The number of para-hydroxylation sites is 1. The summed E-state index contributed by atoms with van der Waals surface area (Å²) >= 11 is 0. The number of benzene rings is 3. The highest BCUT2D eigenvalue weighted by Crippen LogP contribution is 2.32. The van der Waals surface area contributed by atoms with Crippen LogP contribution in [-0.4, -0.2) is 55.6 Å². The Morgan fingerprint density at radius 3 is 2.23 bits per heavy atom. The van der Waals surface area contributed by atoms with Gasteiger partial charge in [0.15, 0.2) is 11.5 Å². The topological polar surface area (TPSA) is 114 Å². The Hall–Kier alpha value is -4.86. The van der Waals surface area contributed by atoms with Gasteiger partial charge in [0.2, 0.25) is 5.91 Å². The number of ether oxygens (including phenoxy) is 3. The van der Waals surface area contributed by atoms with Crippen molar-refractivity contribution in [1.82, 2.24) is 4.90 Å². The first-order chi connectivity index (χ1) is 18.9. The molecule has 0 bridgehead atoms. The van der Waals surface area contributed by atoms with Crippen LogP contribution in [0, 0.1) is 0 Å². The van der Waals surface area contributed by atoms with Crippen LogP contribution in [0.5, 0.6) is 11.5 Å². The predicted octanol–water partition coefficient (Wildman–Crippen LogP) is 4.25. The van der Waals surface area contributed by atoms with Gasteiger partial charge in [-0.1, -0.05) is 24.3 Å². The third-order valence-corrected chi connectivity index (χ3v) is 6.19. The van der Waals surface area contributed by atoms with Gasteiger partial charge >= 0.3 is 12.0 Å². The van der Waals surface area contributed by atoms with Gasteiger partial charge < -0.3 is 24.4 Å². The van der Waals surface area contributed by atoms with Crippen molar-refractivity contribution in [2.45, 2.75) is 25.9 Å². The second kappa shape index (κ2) is 12.1. The van der Waals surface area contributed by atoms with Crippen LogP contribution in [0.1, 0.15) is 29.3 Å². The second-order valence-corrected chi connectivity index (χ2v) is 8.67. The molecule has 1 fully saturated rings. The molecule has 0 spiro atoms. The van der Waals surface area contributed by atoms with Gasteiger partial charge in [-0.2, -0.15) is 0 Å². The maximum Gasteiger partial charge on any atom is 0.338 e. The lowest BCUT2D eigenvalue weighted by Crippen LogP contribution is -2.37. The minimum Gasteiger partial charge on any atom is -0.493 e. The van der Waals surface area contributed by atoms with Crippen molar-refractivity contribution in [3.63, 3.8) is 0 Å². The monoisotopic (exact) mass is 531 g/mol. The van der Waals surface area contributed by atoms with Crippen molar-refractivity contribution in [2.24, 2.45) is 0 Å². The molecule has 0 aliphatic carbocycles. The molecular formula is C29H29N3O7. The van der Waals surface area contributed by atoms with E-state index in [1.807, 2.05) is 0 Å². The van der Waals surface area contributed by atoms with Crippen molar-refractivity contribution in [1.29, 1.82) is 0 Å². The molecule has 10 heteroatoms. The van der Waals surface area contributed by atoms with Gasteiger partial charge in [-0.05, 0) is 61.0 Å². The number of methoxy groups -OCH3 is 2. The summed E-state index contributed by atoms with van der Waals surface area (Å²) in [5.74, 6) is -0.414. The quantitative estimate of drug-likeness (QED) is 0.307. The van der Waals surface area contributed by atoms with Crippen LogP contribution in [0.2, 0.25) is 0 Å². The van der Waals surface area contributed by atoms with Crippen LogP contribution < -0.4 is 19.7 Å². The molecule has 0 saturated carbocycles. The summed E-state index contributed by atoms with van der Waals surface area (Å²) in [7, 11) is 3.03. The molecule has 202 valence electrons. The Kier molecular flexibility index (Phi) is 8.45. The van der Waals surface area contributed by atoms with Crippen molar-refractivity contribution >= 4 is 35.2 Å². The molecule has 4 rings (SSSR count). The maximum absolute atomic E-state index is 13.5. The van der Waals surface area contributed by atoms with Gasteiger partial charge in [0.1, 0.15) is 6.04 Å². The van der Waals surface area contributed by atoms with E-state index < -0.39 is 29.9 Å². The molecule has 1 N–H and O–H groups in total. The number of hydrogen-bond acceptors (Lipinski definition) is 7. The summed E-state index contributed by atoms with van der Waals surface area (Å²) in [6.45, 7) is 2.04. The van der Waals surface area contributed by atoms with E-state index in [4.69, 9.17) is 14.2 Å². The number of nitrogens with one attached hydrogen (secondary N) is 1. The summed E-state index contributed by atoms with van der Waals surface area (Å²) in [4.78, 5) is 54.4. The van der Waals surface area contributed by atoms with Crippen LogP contribution in [-0.2, 0) is 20.9 Å². The van der Waals surface area contributed by atoms with Crippen LogP contribution in [0.15, 0.2) is 72.8 Å². The molecule has 39 heavy (non-hydrogen) atoms. The first kappa shape index (κ1) is 27.2. The minimum atomic E-state index is -1.04. The number of hydrogen-bond donors (Lipinski definition) is 1. The zero-order valence-electron chi connectivity index (χ0n) is 21.9. The molecular weight excluding hydrogens is 502 g/mol. The van der Waals surface area contributed by atoms with Gasteiger partial charge in [0.05, 0.1) is 38.5 Å². The highest BCUT2D eigenvalue weighted by molar-refractivity contribution is 6.22. The molecule has 1 atom stereocenters. The molecule has 3 aromatic carbocycles. The van der Waals surface area contributed by atoms with E-state index in [1.165, 1.54) is 19.1 Å². The van der Waals surface area contributed by atoms with Gasteiger partial charge in [-0.3, -0.25) is 9.59 Å². The Morgan fingerprint density at radius 1 is 0.897 bits per heavy atom. The third-order valence-electron chi connectivity index (χ3n) is 6.19. The smallest absolute Gasteiger partial charge is 0.338 e. The predicted molar refractivity (Wildman–Crippen MR) is 144 cm³/mol. The van der Waals surface area contributed by atoms with E-state index in [9.17, 15) is 19.2 Å². The van der Waals surface area contributed by atoms with E-state index >= 15 is 0 Å². The molecule has 0 radical (unpaired) electrons. The molecule has 1 heterocycles. The molecule has 1 aliphatic heterocycles. The van der Waals surface area contributed by atoms with E-state index in [-0.39, 0.29) is 19.6 Å². The SMILES string of the molecule is CCOC(=O)c1ccc(NC(=O)CC2C(=O)N(c3ccccc3)C(=O)N2Cc2ccc(OC)c(OC)c2)cc1. The zero-order chi connectivity index (χ0) is 27.9. The number of urea groups is 1. The standard InChI is InChI=1S/C29H29N3O7/c1-4-39-28(35)20-11-13-21(14-12-20)30-26(33)17-23-27(34)32(22-8-6-5-7-9-22)29(36)31(23)18-19-10-15-24(37-2)25(16-19)38-3/h5-16,23H,4,17-18H2,1-3H3,(H,30,33). The number of carbonyl (C=O) groups is 4. The van der Waals surface area contributed by atoms with E-state index in [1.54, 1.807) is 79.7 Å². The van der Waals surface area contributed by atoms with Gasteiger partial charge in [-0.25, -0.2) is 14.5 Å². The Morgan fingerprint density at radius 2 is 1.59 bits per heavy atom. The number of amides is 4. The van der Waals surface area contributed by atoms with Crippen LogP contribution in [0.3, 0.4) is 0 Å². The summed E-state index contributed by atoms with van der Waals surface area (Å²) in [5.41, 5.74) is 1.91. The van der Waals surface area contributed by atoms with Crippen LogP contribution in [0.4, 0.5) is 16.2 Å². The average Bonchev–Trinajstić information content (AvgIpc) is 3.17. The summed E-state index contributed by atoms with van der Waals surface area (Å²) in [6, 6.07) is 18.4. The van der Waals surface area contributed by atoms with Crippen LogP contribution in [0.25, 0.3) is 0 Å². The number of esters is 1. The normalized spacial score (nSPS) is 14.8.